The molecule has 2 N–H and O–H groups in total. The van der Waals surface area contributed by atoms with Gasteiger partial charge in [0.2, 0.25) is 0 Å². The Bertz CT molecular complexity index is 935. The maximum absolute atomic E-state index is 12.5. The minimum absolute atomic E-state index is 0.0890. The maximum Gasteiger partial charge on any atom is 0.326 e. The molecule has 0 aliphatic carbocycles. The molecule has 0 fully saturated rings. The molecule has 1 amide bonds. The third-order valence-electron chi connectivity index (χ3n) is 4.40. The summed E-state index contributed by atoms with van der Waals surface area (Å²) in [6, 6.07) is 13.4. The fraction of sp³-hybridized carbons (Fsp3) is 0.263. The van der Waals surface area contributed by atoms with Crippen molar-refractivity contribution in [2.24, 2.45) is 7.05 Å². The van der Waals surface area contributed by atoms with Gasteiger partial charge in [0, 0.05) is 12.6 Å². The van der Waals surface area contributed by atoms with Crippen LogP contribution in [0.15, 0.2) is 47.3 Å². The van der Waals surface area contributed by atoms with E-state index < -0.39 is 0 Å². The van der Waals surface area contributed by atoms with Gasteiger partial charge in [-0.25, -0.2) is 4.79 Å². The first kappa shape index (κ1) is 16.1. The molecule has 0 spiro atoms. The number of H-pyrrole nitrogens is 1. The van der Waals surface area contributed by atoms with E-state index in [1.54, 1.807) is 25.2 Å². The Hall–Kier alpha value is -2.82. The molecule has 0 saturated heterocycles. The molecular formula is C19H21N3O2. The molecule has 5 nitrogen and oxygen atoms in total. The second-order valence-corrected chi connectivity index (χ2v) is 6.01. The molecule has 5 heteroatoms. The SMILES string of the molecule is CCc1ccc(C(C)NC(=O)c2ccc3c(c2)[nH]c(=O)n3C)cc1. The molecule has 3 aromatic rings. The van der Waals surface area contributed by atoms with E-state index in [9.17, 15) is 9.59 Å². The van der Waals surface area contributed by atoms with Gasteiger partial charge in [0.05, 0.1) is 17.1 Å². The molecule has 0 aliphatic rings. The van der Waals surface area contributed by atoms with Gasteiger partial charge in [0.1, 0.15) is 0 Å². The maximum atomic E-state index is 12.5. The van der Waals surface area contributed by atoms with Crippen molar-refractivity contribution < 1.29 is 4.79 Å². The zero-order chi connectivity index (χ0) is 17.3. The summed E-state index contributed by atoms with van der Waals surface area (Å²) in [5.74, 6) is -0.159. The summed E-state index contributed by atoms with van der Waals surface area (Å²) in [4.78, 5) is 26.9. The Balaban J connectivity index is 1.79. The molecule has 0 radical (unpaired) electrons. The Morgan fingerprint density at radius 1 is 1.21 bits per heavy atom. The number of carbonyl (C=O) groups excluding carboxylic acids is 1. The number of rotatable bonds is 4. The third kappa shape index (κ3) is 2.97. The van der Waals surface area contributed by atoms with Crippen molar-refractivity contribution >= 4 is 16.9 Å². The lowest BCUT2D eigenvalue weighted by molar-refractivity contribution is 0.0940. The molecule has 124 valence electrons. The van der Waals surface area contributed by atoms with Gasteiger partial charge in [-0.1, -0.05) is 31.2 Å². The van der Waals surface area contributed by atoms with Crippen LogP contribution in [0.3, 0.4) is 0 Å². The Morgan fingerprint density at radius 2 is 1.92 bits per heavy atom. The van der Waals surface area contributed by atoms with E-state index in [0.29, 0.717) is 11.1 Å². The number of nitrogens with zero attached hydrogens (tertiary/aromatic N) is 1. The van der Waals surface area contributed by atoms with Crippen molar-refractivity contribution in [1.29, 1.82) is 0 Å². The minimum Gasteiger partial charge on any atom is -0.346 e. The van der Waals surface area contributed by atoms with E-state index in [1.165, 1.54) is 10.1 Å². The second-order valence-electron chi connectivity index (χ2n) is 6.01. The lowest BCUT2D eigenvalue weighted by Gasteiger charge is -2.15. The highest BCUT2D eigenvalue weighted by molar-refractivity contribution is 5.97. The van der Waals surface area contributed by atoms with Crippen LogP contribution in [0.2, 0.25) is 0 Å². The van der Waals surface area contributed by atoms with Crippen LogP contribution in [0.4, 0.5) is 0 Å². The van der Waals surface area contributed by atoms with E-state index >= 15 is 0 Å². The molecule has 1 unspecified atom stereocenters. The lowest BCUT2D eigenvalue weighted by atomic mass is 10.0. The standard InChI is InChI=1S/C19H21N3O2/c1-4-13-5-7-14(8-6-13)12(2)20-18(23)15-9-10-17-16(11-15)21-19(24)22(17)3/h5-12H,4H2,1-3H3,(H,20,23)(H,21,24). The summed E-state index contributed by atoms with van der Waals surface area (Å²) in [7, 11) is 1.70. The first-order chi connectivity index (χ1) is 11.5. The van der Waals surface area contributed by atoms with Gasteiger partial charge in [-0.3, -0.25) is 9.36 Å². The summed E-state index contributed by atoms with van der Waals surface area (Å²) in [5.41, 5.74) is 4.12. The zero-order valence-electron chi connectivity index (χ0n) is 14.1. The van der Waals surface area contributed by atoms with Crippen LogP contribution in [-0.2, 0) is 13.5 Å². The summed E-state index contributed by atoms with van der Waals surface area (Å²) >= 11 is 0. The van der Waals surface area contributed by atoms with E-state index in [-0.39, 0.29) is 17.6 Å². The molecule has 0 bridgehead atoms. The number of hydrogen-bond acceptors (Lipinski definition) is 2. The van der Waals surface area contributed by atoms with Crippen molar-refractivity contribution in [3.8, 4) is 0 Å². The number of amides is 1. The van der Waals surface area contributed by atoms with E-state index in [1.807, 2.05) is 19.1 Å². The highest BCUT2D eigenvalue weighted by atomic mass is 16.2. The number of aryl methyl sites for hydroxylation is 2. The van der Waals surface area contributed by atoms with Crippen LogP contribution >= 0.6 is 0 Å². The lowest BCUT2D eigenvalue weighted by Crippen LogP contribution is -2.26. The monoisotopic (exact) mass is 323 g/mol. The molecule has 0 aliphatic heterocycles. The number of aromatic nitrogens is 2. The van der Waals surface area contributed by atoms with Gasteiger partial charge in [-0.2, -0.15) is 0 Å². The number of carbonyl (C=O) groups is 1. The molecule has 24 heavy (non-hydrogen) atoms. The second kappa shape index (κ2) is 6.35. The quantitative estimate of drug-likeness (QED) is 0.775. The number of fused-ring (bicyclic) bond motifs is 1. The van der Waals surface area contributed by atoms with E-state index in [0.717, 1.165) is 17.5 Å². The zero-order valence-corrected chi connectivity index (χ0v) is 14.1. The number of hydrogen-bond donors (Lipinski definition) is 2. The van der Waals surface area contributed by atoms with Crippen LogP contribution in [0.1, 0.15) is 41.4 Å². The molecule has 2 aromatic carbocycles. The molecule has 3 rings (SSSR count). The summed E-state index contributed by atoms with van der Waals surface area (Å²) in [6.07, 6.45) is 0.996. The first-order valence-corrected chi connectivity index (χ1v) is 8.08. The first-order valence-electron chi connectivity index (χ1n) is 8.08. The Morgan fingerprint density at radius 3 is 2.58 bits per heavy atom. The van der Waals surface area contributed by atoms with E-state index in [4.69, 9.17) is 0 Å². The fourth-order valence-electron chi connectivity index (χ4n) is 2.78. The average molecular weight is 323 g/mol. The van der Waals surface area contributed by atoms with Crippen LogP contribution in [0, 0.1) is 0 Å². The average Bonchev–Trinajstić information content (AvgIpc) is 2.88. The molecule has 1 aromatic heterocycles. The van der Waals surface area contributed by atoms with Gasteiger partial charge in [-0.05, 0) is 42.7 Å². The summed E-state index contributed by atoms with van der Waals surface area (Å²) in [5, 5.41) is 3.00. The molecule has 1 heterocycles. The highest BCUT2D eigenvalue weighted by Crippen LogP contribution is 2.16. The van der Waals surface area contributed by atoms with Gasteiger partial charge in [0.25, 0.3) is 5.91 Å². The van der Waals surface area contributed by atoms with E-state index in [2.05, 4.69) is 29.4 Å². The number of nitrogens with one attached hydrogen (secondary N) is 2. The third-order valence-corrected chi connectivity index (χ3v) is 4.40. The smallest absolute Gasteiger partial charge is 0.326 e. The highest BCUT2D eigenvalue weighted by Gasteiger charge is 2.13. The predicted octanol–water partition coefficient (Wildman–Crippen LogP) is 2.92. The minimum atomic E-state index is -0.188. The topological polar surface area (TPSA) is 66.9 Å². The Labute approximate surface area is 140 Å². The number of aromatic amines is 1. The van der Waals surface area contributed by atoms with Crippen LogP contribution in [0.25, 0.3) is 11.0 Å². The van der Waals surface area contributed by atoms with Gasteiger partial charge in [-0.15, -0.1) is 0 Å². The summed E-state index contributed by atoms with van der Waals surface area (Å²) < 4.78 is 1.52. The molecular weight excluding hydrogens is 302 g/mol. The molecule has 1 atom stereocenters. The number of benzene rings is 2. The number of imidazole rings is 1. The van der Waals surface area contributed by atoms with Crippen LogP contribution < -0.4 is 11.0 Å². The van der Waals surface area contributed by atoms with Crippen molar-refractivity contribution in [2.75, 3.05) is 0 Å². The van der Waals surface area contributed by atoms with Crippen molar-refractivity contribution in [1.82, 2.24) is 14.9 Å². The van der Waals surface area contributed by atoms with Crippen LogP contribution in [-0.4, -0.2) is 15.5 Å². The van der Waals surface area contributed by atoms with Gasteiger partial charge in [0.15, 0.2) is 0 Å². The largest absolute Gasteiger partial charge is 0.346 e. The van der Waals surface area contributed by atoms with Gasteiger partial charge < -0.3 is 10.3 Å². The van der Waals surface area contributed by atoms with Crippen molar-refractivity contribution in [3.63, 3.8) is 0 Å². The van der Waals surface area contributed by atoms with Crippen molar-refractivity contribution in [3.05, 3.63) is 69.6 Å². The summed E-state index contributed by atoms with van der Waals surface area (Å²) in [6.45, 7) is 4.08. The van der Waals surface area contributed by atoms with Gasteiger partial charge >= 0.3 is 5.69 Å². The predicted molar refractivity (Wildman–Crippen MR) is 95.2 cm³/mol. The van der Waals surface area contributed by atoms with Crippen LogP contribution in [0.5, 0.6) is 0 Å². The fourth-order valence-corrected chi connectivity index (χ4v) is 2.78. The normalized spacial score (nSPS) is 12.3. The van der Waals surface area contributed by atoms with Crippen molar-refractivity contribution in [2.45, 2.75) is 26.3 Å². The Kier molecular flexibility index (Phi) is 4.25. The molecule has 0 saturated carbocycles.